The number of likely N-dealkylation sites (N-methyl/N-ethyl adjacent to an activating group) is 1. The molecule has 0 radical (unpaired) electrons. The Morgan fingerprint density at radius 3 is 2.94 bits per heavy atom. The van der Waals surface area contributed by atoms with Crippen LogP contribution in [0.15, 0.2) is 18.2 Å². The molecule has 0 saturated heterocycles. The van der Waals surface area contributed by atoms with Crippen LogP contribution in [-0.2, 0) is 16.0 Å². The van der Waals surface area contributed by atoms with Crippen molar-refractivity contribution in [3.8, 4) is 0 Å². The van der Waals surface area contributed by atoms with Gasteiger partial charge in [-0.2, -0.15) is 0 Å². The number of rotatable bonds is 2. The number of benzene rings is 1. The zero-order valence-electron chi connectivity index (χ0n) is 9.69. The van der Waals surface area contributed by atoms with Gasteiger partial charge in [0, 0.05) is 24.8 Å². The summed E-state index contributed by atoms with van der Waals surface area (Å²) in [5.74, 6) is -0.200. The van der Waals surface area contributed by atoms with Crippen molar-refractivity contribution >= 4 is 23.2 Å². The van der Waals surface area contributed by atoms with Crippen molar-refractivity contribution < 1.29 is 9.59 Å². The molecule has 0 spiro atoms. The lowest BCUT2D eigenvalue weighted by atomic mass is 10.0. The van der Waals surface area contributed by atoms with Gasteiger partial charge in [-0.05, 0) is 30.2 Å². The molecule has 1 aliphatic heterocycles. The molecule has 1 aliphatic rings. The van der Waals surface area contributed by atoms with E-state index < -0.39 is 0 Å². The van der Waals surface area contributed by atoms with Gasteiger partial charge in [-0.15, -0.1) is 0 Å². The summed E-state index contributed by atoms with van der Waals surface area (Å²) < 4.78 is 0. The first-order valence-electron chi connectivity index (χ1n) is 5.51. The molecule has 0 aliphatic carbocycles. The highest BCUT2D eigenvalue weighted by Crippen LogP contribution is 2.29. The number of nitrogens with two attached hydrogens (primary N) is 1. The predicted octanol–water partition coefficient (Wildman–Crippen LogP) is 0.294. The Kier molecular flexibility index (Phi) is 2.99. The van der Waals surface area contributed by atoms with Crippen LogP contribution >= 0.6 is 0 Å². The standard InChI is InChI=1S/C12H15N3O2/c1-14-11(16)7-15-10-4-3-9(13)6-8(10)2-5-12(15)17/h3-4,6H,2,5,7,13H2,1H3,(H,14,16). The number of aryl methyl sites for hydroxylation is 1. The fraction of sp³-hybridized carbons (Fsp3) is 0.333. The minimum absolute atomic E-state index is 0.0223. The summed E-state index contributed by atoms with van der Waals surface area (Å²) in [6, 6.07) is 5.40. The molecule has 0 unspecified atom stereocenters. The highest BCUT2D eigenvalue weighted by molar-refractivity contribution is 6.01. The van der Waals surface area contributed by atoms with E-state index in [-0.39, 0.29) is 18.4 Å². The maximum absolute atomic E-state index is 11.8. The van der Waals surface area contributed by atoms with Crippen LogP contribution in [0.5, 0.6) is 0 Å². The zero-order chi connectivity index (χ0) is 12.4. The summed E-state index contributed by atoms with van der Waals surface area (Å²) in [5.41, 5.74) is 8.20. The minimum atomic E-state index is -0.178. The van der Waals surface area contributed by atoms with E-state index in [1.54, 1.807) is 19.2 Å². The lowest BCUT2D eigenvalue weighted by Crippen LogP contribution is -2.42. The van der Waals surface area contributed by atoms with Crippen LogP contribution in [-0.4, -0.2) is 25.4 Å². The van der Waals surface area contributed by atoms with Crippen molar-refractivity contribution in [2.24, 2.45) is 0 Å². The number of nitrogen functional groups attached to an aromatic ring is 1. The lowest BCUT2D eigenvalue weighted by molar-refractivity contribution is -0.123. The maximum atomic E-state index is 11.8. The van der Waals surface area contributed by atoms with E-state index in [0.29, 0.717) is 18.5 Å². The Hall–Kier alpha value is -2.04. The fourth-order valence-corrected chi connectivity index (χ4v) is 1.98. The van der Waals surface area contributed by atoms with Crippen LogP contribution in [0.4, 0.5) is 11.4 Å². The molecule has 5 nitrogen and oxygen atoms in total. The van der Waals surface area contributed by atoms with Crippen molar-refractivity contribution in [1.29, 1.82) is 0 Å². The van der Waals surface area contributed by atoms with Crippen molar-refractivity contribution in [3.63, 3.8) is 0 Å². The molecule has 2 rings (SSSR count). The van der Waals surface area contributed by atoms with E-state index in [1.807, 2.05) is 6.07 Å². The second-order valence-corrected chi connectivity index (χ2v) is 4.04. The quantitative estimate of drug-likeness (QED) is 0.721. The highest BCUT2D eigenvalue weighted by atomic mass is 16.2. The Morgan fingerprint density at radius 1 is 1.47 bits per heavy atom. The first-order valence-corrected chi connectivity index (χ1v) is 5.51. The molecule has 3 N–H and O–H groups in total. The Bertz CT molecular complexity index is 471. The van der Waals surface area contributed by atoms with E-state index >= 15 is 0 Å². The normalized spacial score (nSPS) is 14.4. The molecule has 0 atom stereocenters. The van der Waals surface area contributed by atoms with Crippen molar-refractivity contribution in [2.45, 2.75) is 12.8 Å². The van der Waals surface area contributed by atoms with Gasteiger partial charge in [0.05, 0.1) is 0 Å². The summed E-state index contributed by atoms with van der Waals surface area (Å²) in [7, 11) is 1.56. The summed E-state index contributed by atoms with van der Waals surface area (Å²) >= 11 is 0. The third kappa shape index (κ3) is 2.22. The molecule has 90 valence electrons. The van der Waals surface area contributed by atoms with Crippen LogP contribution in [0, 0.1) is 0 Å². The van der Waals surface area contributed by atoms with Gasteiger partial charge in [-0.1, -0.05) is 0 Å². The number of carbonyl (C=O) groups excluding carboxylic acids is 2. The van der Waals surface area contributed by atoms with Gasteiger partial charge in [-0.25, -0.2) is 0 Å². The lowest BCUT2D eigenvalue weighted by Gasteiger charge is -2.28. The maximum Gasteiger partial charge on any atom is 0.239 e. The second-order valence-electron chi connectivity index (χ2n) is 4.04. The molecule has 1 aromatic rings. The monoisotopic (exact) mass is 233 g/mol. The van der Waals surface area contributed by atoms with Crippen LogP contribution < -0.4 is 16.0 Å². The van der Waals surface area contributed by atoms with Gasteiger partial charge in [0.25, 0.3) is 0 Å². The molecule has 1 heterocycles. The largest absolute Gasteiger partial charge is 0.399 e. The van der Waals surface area contributed by atoms with Crippen LogP contribution in [0.2, 0.25) is 0 Å². The number of carbonyl (C=O) groups is 2. The molecule has 0 saturated carbocycles. The molecule has 0 fully saturated rings. The molecule has 17 heavy (non-hydrogen) atoms. The summed E-state index contributed by atoms with van der Waals surface area (Å²) in [6.45, 7) is 0.0618. The number of hydrogen-bond acceptors (Lipinski definition) is 3. The van der Waals surface area contributed by atoms with Gasteiger partial charge in [0.15, 0.2) is 0 Å². The second kappa shape index (κ2) is 4.45. The number of amides is 2. The summed E-state index contributed by atoms with van der Waals surface area (Å²) in [6.07, 6.45) is 1.11. The Morgan fingerprint density at radius 2 is 2.24 bits per heavy atom. The van der Waals surface area contributed by atoms with E-state index in [1.165, 1.54) is 4.90 Å². The zero-order valence-corrected chi connectivity index (χ0v) is 9.69. The molecular formula is C12H15N3O2. The third-order valence-corrected chi connectivity index (χ3v) is 2.88. The van der Waals surface area contributed by atoms with Crippen molar-refractivity contribution in [1.82, 2.24) is 5.32 Å². The van der Waals surface area contributed by atoms with Crippen molar-refractivity contribution in [2.75, 3.05) is 24.2 Å². The number of nitrogens with one attached hydrogen (secondary N) is 1. The molecule has 1 aromatic carbocycles. The highest BCUT2D eigenvalue weighted by Gasteiger charge is 2.25. The summed E-state index contributed by atoms with van der Waals surface area (Å²) in [5, 5.41) is 2.52. The molecule has 0 bridgehead atoms. The number of fused-ring (bicyclic) bond motifs is 1. The van der Waals surface area contributed by atoms with Gasteiger partial charge in [0.2, 0.25) is 11.8 Å². The number of hydrogen-bond donors (Lipinski definition) is 2. The van der Waals surface area contributed by atoms with E-state index in [4.69, 9.17) is 5.73 Å². The Labute approximate surface area is 99.6 Å². The first-order chi connectivity index (χ1) is 8.11. The average molecular weight is 233 g/mol. The first kappa shape index (κ1) is 11.4. The van der Waals surface area contributed by atoms with Gasteiger partial charge >= 0.3 is 0 Å². The Balaban J connectivity index is 2.33. The average Bonchev–Trinajstić information content (AvgIpc) is 2.32. The van der Waals surface area contributed by atoms with Crippen LogP contribution in [0.3, 0.4) is 0 Å². The number of nitrogens with zero attached hydrogens (tertiary/aromatic N) is 1. The van der Waals surface area contributed by atoms with Gasteiger partial charge in [-0.3, -0.25) is 9.59 Å². The summed E-state index contributed by atoms with van der Waals surface area (Å²) in [4.78, 5) is 24.7. The molecule has 5 heteroatoms. The van der Waals surface area contributed by atoms with E-state index in [0.717, 1.165) is 11.3 Å². The molecule has 2 amide bonds. The van der Waals surface area contributed by atoms with E-state index in [2.05, 4.69) is 5.32 Å². The molecular weight excluding hydrogens is 218 g/mol. The van der Waals surface area contributed by atoms with Crippen LogP contribution in [0.1, 0.15) is 12.0 Å². The van der Waals surface area contributed by atoms with Gasteiger partial charge < -0.3 is 16.0 Å². The fourth-order valence-electron chi connectivity index (χ4n) is 1.98. The minimum Gasteiger partial charge on any atom is -0.399 e. The van der Waals surface area contributed by atoms with Gasteiger partial charge in [0.1, 0.15) is 6.54 Å². The van der Waals surface area contributed by atoms with E-state index in [9.17, 15) is 9.59 Å². The third-order valence-electron chi connectivity index (χ3n) is 2.88. The molecule has 0 aromatic heterocycles. The predicted molar refractivity (Wildman–Crippen MR) is 65.6 cm³/mol. The van der Waals surface area contributed by atoms with Crippen LogP contribution in [0.25, 0.3) is 0 Å². The number of anilines is 2. The topological polar surface area (TPSA) is 75.4 Å². The van der Waals surface area contributed by atoms with Crippen molar-refractivity contribution in [3.05, 3.63) is 23.8 Å². The smallest absolute Gasteiger partial charge is 0.239 e. The SMILES string of the molecule is CNC(=O)CN1C(=O)CCc2cc(N)ccc21.